The molecule has 2 amide bonds. The van der Waals surface area contributed by atoms with Crippen LogP contribution in [0.3, 0.4) is 0 Å². The third-order valence-electron chi connectivity index (χ3n) is 4.73. The number of alkyl halides is 2. The molecule has 2 aromatic carbocycles. The van der Waals surface area contributed by atoms with Crippen LogP contribution in [0.25, 0.3) is 0 Å². The van der Waals surface area contributed by atoms with Crippen molar-refractivity contribution in [2.75, 3.05) is 12.8 Å². The minimum absolute atomic E-state index is 0.106. The normalized spacial score (nSPS) is 16.2. The Bertz CT molecular complexity index is 906. The summed E-state index contributed by atoms with van der Waals surface area (Å²) in [7, 11) is 1.41. The van der Waals surface area contributed by atoms with Gasteiger partial charge in [0.1, 0.15) is 11.9 Å². The van der Waals surface area contributed by atoms with Gasteiger partial charge >= 0.3 is 6.61 Å². The molecule has 0 saturated carbocycles. The second-order valence-electron chi connectivity index (χ2n) is 6.48. The Morgan fingerprint density at radius 1 is 1.24 bits per heavy atom. The zero-order valence-corrected chi connectivity index (χ0v) is 15.6. The molecular weight excluding hydrogens is 386 g/mol. The van der Waals surface area contributed by atoms with Crippen molar-refractivity contribution >= 4 is 18.0 Å². The largest absolute Gasteiger partial charge is 0.453 e. The molecule has 7 nitrogen and oxygen atoms in total. The summed E-state index contributed by atoms with van der Waals surface area (Å²) in [5.74, 6) is -0.341. The number of nitrogens with two attached hydrogens (primary N) is 1. The molecule has 0 bridgehead atoms. The van der Waals surface area contributed by atoms with Crippen LogP contribution in [0.2, 0.25) is 0 Å². The Hall–Kier alpha value is -3.20. The first-order valence-electron chi connectivity index (χ1n) is 8.84. The lowest BCUT2D eigenvalue weighted by molar-refractivity contribution is -0.134. The first-order valence-corrected chi connectivity index (χ1v) is 8.84. The van der Waals surface area contributed by atoms with Gasteiger partial charge in [0.05, 0.1) is 0 Å². The van der Waals surface area contributed by atoms with Crippen LogP contribution in [-0.4, -0.2) is 32.1 Å². The van der Waals surface area contributed by atoms with Gasteiger partial charge in [0, 0.05) is 24.8 Å². The number of hydrogen-bond donors (Lipinski definition) is 2. The van der Waals surface area contributed by atoms with Gasteiger partial charge < -0.3 is 19.9 Å². The lowest BCUT2D eigenvalue weighted by Gasteiger charge is -2.21. The highest BCUT2D eigenvalue weighted by molar-refractivity contribution is 5.90. The Balaban J connectivity index is 1.82. The molecule has 154 valence electrons. The summed E-state index contributed by atoms with van der Waals surface area (Å²) in [6, 6.07) is 9.49. The van der Waals surface area contributed by atoms with E-state index in [9.17, 15) is 18.4 Å². The predicted molar refractivity (Wildman–Crippen MR) is 100 cm³/mol. The van der Waals surface area contributed by atoms with Crippen LogP contribution in [-0.2, 0) is 20.7 Å². The number of methoxy groups -OCH3 is 1. The fourth-order valence-corrected chi connectivity index (χ4v) is 3.52. The number of hydrogen-bond acceptors (Lipinski definition) is 6. The van der Waals surface area contributed by atoms with Crippen LogP contribution < -0.4 is 20.5 Å². The maximum atomic E-state index is 12.6. The van der Waals surface area contributed by atoms with Gasteiger partial charge in [-0.1, -0.05) is 6.07 Å². The minimum atomic E-state index is -3.01. The van der Waals surface area contributed by atoms with Crippen LogP contribution in [0.1, 0.15) is 23.5 Å². The molecule has 0 aromatic heterocycles. The number of anilines is 1. The highest BCUT2D eigenvalue weighted by Gasteiger charge is 2.34. The van der Waals surface area contributed by atoms with Gasteiger partial charge in [-0.2, -0.15) is 8.78 Å². The van der Waals surface area contributed by atoms with Crippen molar-refractivity contribution in [1.82, 2.24) is 5.32 Å². The van der Waals surface area contributed by atoms with Gasteiger partial charge in [-0.3, -0.25) is 14.9 Å². The molecule has 1 aliphatic carbocycles. The summed E-state index contributed by atoms with van der Waals surface area (Å²) in [5, 5.41) is 2.12. The fourth-order valence-electron chi connectivity index (χ4n) is 3.52. The van der Waals surface area contributed by atoms with Gasteiger partial charge in [-0.25, -0.2) is 0 Å². The SMILES string of the molecule is COC(C(=O)NC=O)[C@@H]1CCc2cc(Oc3ccc(N)cc3OC(F)F)ccc21. The smallest absolute Gasteiger partial charge is 0.387 e. The van der Waals surface area contributed by atoms with Crippen LogP contribution in [0.4, 0.5) is 14.5 Å². The van der Waals surface area contributed by atoms with Crippen molar-refractivity contribution in [1.29, 1.82) is 0 Å². The Labute approximate surface area is 165 Å². The zero-order valence-electron chi connectivity index (χ0n) is 15.6. The zero-order chi connectivity index (χ0) is 21.0. The summed E-state index contributed by atoms with van der Waals surface area (Å²) in [4.78, 5) is 22.6. The third kappa shape index (κ3) is 4.62. The molecule has 29 heavy (non-hydrogen) atoms. The van der Waals surface area contributed by atoms with Crippen LogP contribution in [0.15, 0.2) is 36.4 Å². The maximum Gasteiger partial charge on any atom is 0.387 e. The van der Waals surface area contributed by atoms with Crippen molar-refractivity contribution in [3.05, 3.63) is 47.5 Å². The number of carbonyl (C=O) groups is 2. The van der Waals surface area contributed by atoms with Crippen molar-refractivity contribution in [2.45, 2.75) is 31.5 Å². The summed E-state index contributed by atoms with van der Waals surface area (Å²) in [6.45, 7) is -3.01. The van der Waals surface area contributed by atoms with E-state index in [4.69, 9.17) is 15.2 Å². The van der Waals surface area contributed by atoms with Gasteiger partial charge in [-0.05, 0) is 48.2 Å². The average molecular weight is 406 g/mol. The molecule has 1 unspecified atom stereocenters. The van der Waals surface area contributed by atoms with Gasteiger partial charge in [-0.15, -0.1) is 0 Å². The van der Waals surface area contributed by atoms with Crippen molar-refractivity contribution in [3.8, 4) is 17.2 Å². The summed E-state index contributed by atoms with van der Waals surface area (Å²) in [6.07, 6.45) is 0.863. The van der Waals surface area contributed by atoms with E-state index in [1.165, 1.54) is 25.3 Å². The first-order chi connectivity index (χ1) is 13.9. The molecule has 0 aliphatic heterocycles. The quantitative estimate of drug-likeness (QED) is 0.517. The van der Waals surface area contributed by atoms with Crippen molar-refractivity contribution < 1.29 is 32.6 Å². The molecule has 3 rings (SSSR count). The Kier molecular flexibility index (Phi) is 6.28. The molecule has 0 heterocycles. The predicted octanol–water partition coefficient (Wildman–Crippen LogP) is 2.98. The molecule has 9 heteroatoms. The standard InChI is InChI=1S/C20H20F2N2O5/c1-27-18(19(26)24-10-25)15-5-2-11-8-13(4-6-14(11)15)28-16-7-3-12(23)9-17(16)29-20(21)22/h3-4,6-10,15,18,20H,2,5,23H2,1H3,(H,24,25,26)/t15-,18?/m1/s1. The fraction of sp³-hybridized carbons (Fsp3) is 0.300. The summed E-state index contributed by atoms with van der Waals surface area (Å²) < 4.78 is 40.8. The van der Waals surface area contributed by atoms with E-state index in [1.807, 2.05) is 0 Å². The molecule has 1 aliphatic rings. The van der Waals surface area contributed by atoms with E-state index in [1.54, 1.807) is 18.2 Å². The molecule has 3 N–H and O–H groups in total. The number of benzene rings is 2. The topological polar surface area (TPSA) is 99.9 Å². The summed E-state index contributed by atoms with van der Waals surface area (Å²) in [5.41, 5.74) is 7.75. The second kappa shape index (κ2) is 8.87. The van der Waals surface area contributed by atoms with Gasteiger partial charge in [0.15, 0.2) is 11.5 Å². The molecule has 0 saturated heterocycles. The molecule has 0 radical (unpaired) electrons. The van der Waals surface area contributed by atoms with Gasteiger partial charge in [0.25, 0.3) is 5.91 Å². The van der Waals surface area contributed by atoms with E-state index in [0.717, 1.165) is 11.1 Å². The monoisotopic (exact) mass is 406 g/mol. The van der Waals surface area contributed by atoms with Crippen molar-refractivity contribution in [3.63, 3.8) is 0 Å². The number of carbonyl (C=O) groups excluding carboxylic acids is 2. The van der Waals surface area contributed by atoms with E-state index in [0.29, 0.717) is 25.0 Å². The third-order valence-corrected chi connectivity index (χ3v) is 4.73. The van der Waals surface area contributed by atoms with Crippen LogP contribution in [0.5, 0.6) is 17.2 Å². The number of nitrogens with one attached hydrogen (secondary N) is 1. The maximum absolute atomic E-state index is 12.6. The number of nitrogen functional groups attached to an aromatic ring is 1. The number of amides is 2. The molecule has 0 spiro atoms. The number of aryl methyl sites for hydroxylation is 1. The van der Waals surface area contributed by atoms with E-state index in [-0.39, 0.29) is 23.1 Å². The molecule has 2 aromatic rings. The van der Waals surface area contributed by atoms with Crippen molar-refractivity contribution in [2.24, 2.45) is 0 Å². The molecule has 0 fully saturated rings. The number of ether oxygens (including phenoxy) is 3. The van der Waals surface area contributed by atoms with Crippen LogP contribution >= 0.6 is 0 Å². The second-order valence-corrected chi connectivity index (χ2v) is 6.48. The van der Waals surface area contributed by atoms with Crippen LogP contribution in [0, 0.1) is 0 Å². The molecule has 2 atom stereocenters. The number of halogens is 2. The highest BCUT2D eigenvalue weighted by Crippen LogP contribution is 2.40. The lowest BCUT2D eigenvalue weighted by atomic mass is 9.94. The minimum Gasteiger partial charge on any atom is -0.453 e. The lowest BCUT2D eigenvalue weighted by Crippen LogP contribution is -2.38. The average Bonchev–Trinajstić information content (AvgIpc) is 3.07. The Morgan fingerprint density at radius 3 is 2.72 bits per heavy atom. The first kappa shape index (κ1) is 20.5. The van der Waals surface area contributed by atoms with Gasteiger partial charge in [0.2, 0.25) is 6.41 Å². The molecular formula is C20H20F2N2O5. The van der Waals surface area contributed by atoms with E-state index >= 15 is 0 Å². The van der Waals surface area contributed by atoms with E-state index < -0.39 is 18.6 Å². The van der Waals surface area contributed by atoms with E-state index in [2.05, 4.69) is 10.1 Å². The number of rotatable bonds is 8. The number of fused-ring (bicyclic) bond motifs is 1. The summed E-state index contributed by atoms with van der Waals surface area (Å²) >= 11 is 0. The highest BCUT2D eigenvalue weighted by atomic mass is 19.3. The Morgan fingerprint density at radius 2 is 2.03 bits per heavy atom. The number of imide groups is 1.